The maximum Gasteiger partial charge on any atom is 0.460 e. The molecule has 28 heteroatoms. The highest BCUT2D eigenvalue weighted by Gasteiger charge is 2.93. The summed E-state index contributed by atoms with van der Waals surface area (Å²) in [6.45, 7) is -4.26. The highest BCUT2D eigenvalue weighted by Crippen LogP contribution is 2.62. The Morgan fingerprint density at radius 3 is 1.00 bits per heavy atom. The maximum absolute atomic E-state index is 14.4. The molecular formula is C19H13F26N2+. The van der Waals surface area contributed by atoms with E-state index >= 15 is 0 Å². The minimum Gasteiger partial charge on any atom is -0.255 e. The quantitative estimate of drug-likeness (QED) is 0.143. The van der Waals surface area contributed by atoms with Crippen molar-refractivity contribution in [3.63, 3.8) is 0 Å². The summed E-state index contributed by atoms with van der Waals surface area (Å²) in [5.41, 5.74) is 0. The highest BCUT2D eigenvalue weighted by atomic mass is 19.4. The monoisotopic (exact) mass is 763 g/mol. The molecule has 1 aliphatic rings. The van der Waals surface area contributed by atoms with Crippen LogP contribution in [0.2, 0.25) is 0 Å². The Kier molecular flexibility index (Phi) is 10.1. The van der Waals surface area contributed by atoms with Gasteiger partial charge in [0, 0.05) is 0 Å². The largest absolute Gasteiger partial charge is 0.460 e. The van der Waals surface area contributed by atoms with Crippen molar-refractivity contribution in [1.29, 1.82) is 0 Å². The molecule has 1 heterocycles. The minimum absolute atomic E-state index is 0.463. The van der Waals surface area contributed by atoms with E-state index in [1.54, 1.807) is 0 Å². The molecule has 2 unspecified atom stereocenters. The molecule has 0 saturated heterocycles. The first kappa shape index (κ1) is 42.7. The number of alkyl halides is 26. The Hall–Kier alpha value is -2.35. The van der Waals surface area contributed by atoms with E-state index in [1.807, 2.05) is 0 Å². The SMILES string of the molecule is CC(N1C=[N+](C(C)C(F)(F)C(F)(F)C(F)(F)C(F)(F)C(F)(F)C(F)(F)F)CC1)C(F)(F)C(F)(F)C(F)(F)C(F)(F)C(F)(F)C(F)(F)F. The lowest BCUT2D eigenvalue weighted by Gasteiger charge is -2.41. The van der Waals surface area contributed by atoms with Crippen LogP contribution in [0.25, 0.3) is 0 Å². The molecule has 2 atom stereocenters. The molecule has 0 saturated carbocycles. The van der Waals surface area contributed by atoms with Gasteiger partial charge in [0.05, 0.1) is 0 Å². The average Bonchev–Trinajstić information content (AvgIpc) is 3.35. The summed E-state index contributed by atoms with van der Waals surface area (Å²) in [6, 6.07) is -7.89. The maximum atomic E-state index is 14.4. The van der Waals surface area contributed by atoms with Gasteiger partial charge in [0.2, 0.25) is 6.34 Å². The van der Waals surface area contributed by atoms with Gasteiger partial charge in [-0.2, -0.15) is 114 Å². The summed E-state index contributed by atoms with van der Waals surface area (Å²) >= 11 is 0. The van der Waals surface area contributed by atoms with Gasteiger partial charge in [0.25, 0.3) is 0 Å². The predicted molar refractivity (Wildman–Crippen MR) is 98.4 cm³/mol. The van der Waals surface area contributed by atoms with E-state index in [9.17, 15) is 114 Å². The zero-order chi connectivity index (χ0) is 38.4. The van der Waals surface area contributed by atoms with Gasteiger partial charge >= 0.3 is 71.6 Å². The summed E-state index contributed by atoms with van der Waals surface area (Å²) in [5.74, 6) is -79.4. The molecule has 0 spiro atoms. The third kappa shape index (κ3) is 5.56. The Morgan fingerprint density at radius 1 is 0.426 bits per heavy atom. The number of hydrogen-bond donors (Lipinski definition) is 0. The normalized spacial score (nSPS) is 19.2. The summed E-state index contributed by atoms with van der Waals surface area (Å²) in [6.07, 6.45) is -16.2. The van der Waals surface area contributed by atoms with Crippen LogP contribution in [0.5, 0.6) is 0 Å². The zero-order valence-corrected chi connectivity index (χ0v) is 21.9. The predicted octanol–water partition coefficient (Wildman–Crippen LogP) is 8.60. The first-order valence-corrected chi connectivity index (χ1v) is 11.3. The summed E-state index contributed by atoms with van der Waals surface area (Å²) < 4.78 is 347. The molecular weight excluding hydrogens is 750 g/mol. The van der Waals surface area contributed by atoms with Gasteiger partial charge in [-0.3, -0.25) is 9.48 Å². The van der Waals surface area contributed by atoms with Crippen LogP contribution in [0.3, 0.4) is 0 Å². The van der Waals surface area contributed by atoms with Gasteiger partial charge in [-0.1, -0.05) is 0 Å². The van der Waals surface area contributed by atoms with Crippen LogP contribution < -0.4 is 0 Å². The molecule has 280 valence electrons. The Balaban J connectivity index is 3.58. The van der Waals surface area contributed by atoms with E-state index < -0.39 is 126 Å². The fourth-order valence-corrected chi connectivity index (χ4v) is 3.63. The first-order valence-electron chi connectivity index (χ1n) is 11.3. The van der Waals surface area contributed by atoms with Crippen molar-refractivity contribution in [2.75, 3.05) is 13.1 Å². The fraction of sp³-hybridized carbons (Fsp3) is 0.947. The van der Waals surface area contributed by atoms with Crippen LogP contribution in [0.1, 0.15) is 13.8 Å². The van der Waals surface area contributed by atoms with Crippen molar-refractivity contribution in [1.82, 2.24) is 4.90 Å². The van der Waals surface area contributed by atoms with Gasteiger partial charge in [0.15, 0.2) is 12.1 Å². The number of halogens is 26. The molecule has 1 rings (SSSR count). The van der Waals surface area contributed by atoms with Crippen molar-refractivity contribution >= 4 is 6.34 Å². The fourth-order valence-electron chi connectivity index (χ4n) is 3.63. The highest BCUT2D eigenvalue weighted by molar-refractivity contribution is 5.51. The van der Waals surface area contributed by atoms with Gasteiger partial charge in [-0.05, 0) is 13.8 Å². The van der Waals surface area contributed by atoms with E-state index in [2.05, 4.69) is 0 Å². The summed E-state index contributed by atoms with van der Waals surface area (Å²) in [4.78, 5) is -0.709. The zero-order valence-electron chi connectivity index (χ0n) is 21.9. The van der Waals surface area contributed by atoms with E-state index in [4.69, 9.17) is 0 Å². The second-order valence-electron chi connectivity index (χ2n) is 9.78. The van der Waals surface area contributed by atoms with Gasteiger partial charge in [-0.25, -0.2) is 0 Å². The van der Waals surface area contributed by atoms with Crippen molar-refractivity contribution in [2.45, 2.75) is 97.5 Å². The van der Waals surface area contributed by atoms with E-state index in [0.717, 1.165) is 0 Å². The molecule has 0 N–H and O–H groups in total. The van der Waals surface area contributed by atoms with Crippen LogP contribution in [0.4, 0.5) is 114 Å². The summed E-state index contributed by atoms with van der Waals surface area (Å²) in [5, 5.41) is 0. The molecule has 0 aromatic heterocycles. The summed E-state index contributed by atoms with van der Waals surface area (Å²) in [7, 11) is 0. The molecule has 0 amide bonds. The van der Waals surface area contributed by atoms with E-state index in [0.29, 0.717) is 0 Å². The molecule has 0 aromatic carbocycles. The van der Waals surface area contributed by atoms with Crippen LogP contribution in [-0.4, -0.2) is 113 Å². The molecule has 2 nitrogen and oxygen atoms in total. The molecule has 47 heavy (non-hydrogen) atoms. The second-order valence-corrected chi connectivity index (χ2v) is 9.78. The Morgan fingerprint density at radius 2 is 0.702 bits per heavy atom. The van der Waals surface area contributed by atoms with Crippen molar-refractivity contribution in [3.05, 3.63) is 0 Å². The topological polar surface area (TPSA) is 6.25 Å². The lowest BCUT2D eigenvalue weighted by molar-refractivity contribution is -0.589. The smallest absolute Gasteiger partial charge is 0.255 e. The van der Waals surface area contributed by atoms with Gasteiger partial charge in [0.1, 0.15) is 13.1 Å². The molecule has 1 aliphatic heterocycles. The standard InChI is InChI=1S/C19H13F26N2/c1-6(8(20,21)10(24,25)12(28,29)14(32,33)16(36,37)18(40,41)42)46-3-4-47(5-46)7(2)9(22,23)11(26,27)13(30,31)15(34,35)17(38,39)19(43,44)45/h5-7H,3-4H2,1-2H3/q+1. The molecule has 0 radical (unpaired) electrons. The number of nitrogens with zero attached hydrogens (tertiary/aromatic N) is 2. The molecule has 0 fully saturated rings. The Labute approximate surface area is 241 Å². The van der Waals surface area contributed by atoms with E-state index in [-0.39, 0.29) is 0 Å². The van der Waals surface area contributed by atoms with Crippen LogP contribution in [-0.2, 0) is 0 Å². The number of hydrogen-bond acceptors (Lipinski definition) is 1. The third-order valence-electron chi connectivity index (χ3n) is 6.87. The molecule has 0 bridgehead atoms. The van der Waals surface area contributed by atoms with Gasteiger partial charge < -0.3 is 0 Å². The minimum atomic E-state index is -8.36. The lowest BCUT2D eigenvalue weighted by atomic mass is 9.90. The van der Waals surface area contributed by atoms with Crippen molar-refractivity contribution in [2.24, 2.45) is 0 Å². The van der Waals surface area contributed by atoms with E-state index in [1.165, 1.54) is 0 Å². The third-order valence-corrected chi connectivity index (χ3v) is 6.87. The van der Waals surface area contributed by atoms with Crippen molar-refractivity contribution < 1.29 is 119 Å². The molecule has 0 aliphatic carbocycles. The first-order chi connectivity index (χ1) is 20.0. The number of rotatable bonds is 12. The van der Waals surface area contributed by atoms with Crippen molar-refractivity contribution in [3.8, 4) is 0 Å². The van der Waals surface area contributed by atoms with Crippen LogP contribution in [0, 0.1) is 0 Å². The van der Waals surface area contributed by atoms with Crippen LogP contribution in [0.15, 0.2) is 0 Å². The molecule has 0 aromatic rings. The second kappa shape index (κ2) is 11.1. The Bertz CT molecular complexity index is 1180. The average molecular weight is 763 g/mol. The van der Waals surface area contributed by atoms with Crippen LogP contribution >= 0.6 is 0 Å². The van der Waals surface area contributed by atoms with Gasteiger partial charge in [-0.15, -0.1) is 0 Å². The lowest BCUT2D eigenvalue weighted by Crippen LogP contribution is -2.72.